The number of carbonyl (C=O) groups is 1. The van der Waals surface area contributed by atoms with Crippen molar-refractivity contribution in [3.05, 3.63) is 11.7 Å². The number of aliphatic carboxylic acids is 1. The molecule has 0 bridgehead atoms. The average Bonchev–Trinajstić information content (AvgIpc) is 2.53. The maximum atomic E-state index is 10.5. The van der Waals surface area contributed by atoms with Crippen molar-refractivity contribution in [1.82, 2.24) is 10.1 Å². The Morgan fingerprint density at radius 2 is 2.00 bits per heavy atom. The Morgan fingerprint density at radius 3 is 2.62 bits per heavy atom. The van der Waals surface area contributed by atoms with Crippen molar-refractivity contribution in [3.8, 4) is 0 Å². The Bertz CT molecular complexity index is 354. The highest BCUT2D eigenvalue weighted by molar-refractivity contribution is 5.68. The van der Waals surface area contributed by atoms with Crippen LogP contribution in [0.5, 0.6) is 0 Å². The van der Waals surface area contributed by atoms with E-state index in [0.717, 1.165) is 12.8 Å². The number of carboxylic acids is 1. The molecule has 0 spiro atoms. The summed E-state index contributed by atoms with van der Waals surface area (Å²) in [4.78, 5) is 14.6. The molecule has 5 heteroatoms. The van der Waals surface area contributed by atoms with Gasteiger partial charge >= 0.3 is 5.97 Å². The predicted octanol–water partition coefficient (Wildman–Crippen LogP) is 2.13. The van der Waals surface area contributed by atoms with Gasteiger partial charge < -0.3 is 9.63 Å². The molecule has 16 heavy (non-hydrogen) atoms. The average molecular weight is 224 g/mol. The van der Waals surface area contributed by atoms with Crippen LogP contribution in [0.4, 0.5) is 0 Å². The zero-order valence-electron chi connectivity index (χ0n) is 9.19. The van der Waals surface area contributed by atoms with E-state index in [9.17, 15) is 4.79 Å². The van der Waals surface area contributed by atoms with Gasteiger partial charge in [0, 0.05) is 5.92 Å². The van der Waals surface area contributed by atoms with Gasteiger partial charge in [0.15, 0.2) is 5.82 Å². The second-order valence-electron chi connectivity index (χ2n) is 4.31. The van der Waals surface area contributed by atoms with Gasteiger partial charge in [0.05, 0.1) is 0 Å². The van der Waals surface area contributed by atoms with Crippen LogP contribution in [0.15, 0.2) is 4.52 Å². The van der Waals surface area contributed by atoms with Crippen LogP contribution in [-0.4, -0.2) is 21.2 Å². The summed E-state index contributed by atoms with van der Waals surface area (Å²) in [6.07, 6.45) is 6.95. The highest BCUT2D eigenvalue weighted by atomic mass is 16.5. The van der Waals surface area contributed by atoms with Crippen molar-refractivity contribution in [1.29, 1.82) is 0 Å². The second-order valence-corrected chi connectivity index (χ2v) is 4.31. The maximum Gasteiger partial charge on any atom is 0.312 e. The van der Waals surface area contributed by atoms with E-state index in [1.165, 1.54) is 25.7 Å². The molecule has 5 nitrogen and oxygen atoms in total. The van der Waals surface area contributed by atoms with Gasteiger partial charge in [0.2, 0.25) is 5.89 Å². The zero-order valence-corrected chi connectivity index (χ0v) is 9.19. The van der Waals surface area contributed by atoms with Crippen LogP contribution in [0.25, 0.3) is 0 Å². The summed E-state index contributed by atoms with van der Waals surface area (Å²) in [6.45, 7) is 0. The quantitative estimate of drug-likeness (QED) is 0.796. The van der Waals surface area contributed by atoms with Crippen molar-refractivity contribution in [3.63, 3.8) is 0 Å². The molecule has 1 aliphatic rings. The molecule has 0 saturated heterocycles. The molecule has 1 aliphatic carbocycles. The largest absolute Gasteiger partial charge is 0.481 e. The fraction of sp³-hybridized carbons (Fsp3) is 0.727. The van der Waals surface area contributed by atoms with Crippen molar-refractivity contribution in [2.45, 2.75) is 50.9 Å². The lowest BCUT2D eigenvalue weighted by molar-refractivity contribution is -0.136. The van der Waals surface area contributed by atoms with E-state index >= 15 is 0 Å². The fourth-order valence-electron chi connectivity index (χ4n) is 2.17. The van der Waals surface area contributed by atoms with Crippen LogP contribution in [0.3, 0.4) is 0 Å². The minimum Gasteiger partial charge on any atom is -0.481 e. The van der Waals surface area contributed by atoms with Crippen molar-refractivity contribution in [2.75, 3.05) is 0 Å². The second kappa shape index (κ2) is 5.09. The van der Waals surface area contributed by atoms with Crippen LogP contribution in [-0.2, 0) is 11.2 Å². The lowest BCUT2D eigenvalue weighted by Crippen LogP contribution is -2.02. The normalized spacial score (nSPS) is 18.2. The molecule has 0 aliphatic heterocycles. The molecule has 0 atom stereocenters. The Kier molecular flexibility index (Phi) is 3.54. The number of aromatic nitrogens is 2. The van der Waals surface area contributed by atoms with E-state index in [-0.39, 0.29) is 12.3 Å². The summed E-state index contributed by atoms with van der Waals surface area (Å²) in [5, 5.41) is 12.5. The molecule has 1 N–H and O–H groups in total. The van der Waals surface area contributed by atoms with E-state index < -0.39 is 5.97 Å². The fourth-order valence-corrected chi connectivity index (χ4v) is 2.17. The Hall–Kier alpha value is -1.39. The molecule has 1 fully saturated rings. The van der Waals surface area contributed by atoms with Gasteiger partial charge in [-0.2, -0.15) is 4.98 Å². The molecule has 2 rings (SSSR count). The minimum atomic E-state index is -0.934. The Morgan fingerprint density at radius 1 is 1.31 bits per heavy atom. The van der Waals surface area contributed by atoms with E-state index in [1.807, 2.05) is 0 Å². The van der Waals surface area contributed by atoms with Gasteiger partial charge in [0.25, 0.3) is 0 Å². The highest BCUT2D eigenvalue weighted by Gasteiger charge is 2.20. The molecule has 0 amide bonds. The van der Waals surface area contributed by atoms with Crippen LogP contribution in [0, 0.1) is 0 Å². The van der Waals surface area contributed by atoms with Gasteiger partial charge in [-0.1, -0.05) is 30.8 Å². The molecule has 1 heterocycles. The SMILES string of the molecule is O=C(O)Cc1nc(C2CCCCCC2)no1. The zero-order chi connectivity index (χ0) is 11.4. The van der Waals surface area contributed by atoms with E-state index in [4.69, 9.17) is 9.63 Å². The van der Waals surface area contributed by atoms with Gasteiger partial charge in [-0.25, -0.2) is 0 Å². The first-order valence-corrected chi connectivity index (χ1v) is 5.80. The summed E-state index contributed by atoms with van der Waals surface area (Å²) >= 11 is 0. The van der Waals surface area contributed by atoms with Gasteiger partial charge in [-0.3, -0.25) is 4.79 Å². The molecule has 1 aromatic rings. The van der Waals surface area contributed by atoms with Gasteiger partial charge in [0.1, 0.15) is 6.42 Å². The third-order valence-electron chi connectivity index (χ3n) is 3.01. The molecule has 88 valence electrons. The van der Waals surface area contributed by atoms with Crippen molar-refractivity contribution >= 4 is 5.97 Å². The van der Waals surface area contributed by atoms with E-state index in [1.54, 1.807) is 0 Å². The van der Waals surface area contributed by atoms with Gasteiger partial charge in [-0.15, -0.1) is 0 Å². The third-order valence-corrected chi connectivity index (χ3v) is 3.01. The first-order valence-electron chi connectivity index (χ1n) is 5.80. The first-order chi connectivity index (χ1) is 7.75. The lowest BCUT2D eigenvalue weighted by atomic mass is 10.00. The topological polar surface area (TPSA) is 76.2 Å². The molecule has 1 aromatic heterocycles. The minimum absolute atomic E-state index is 0.181. The van der Waals surface area contributed by atoms with Crippen LogP contribution in [0.2, 0.25) is 0 Å². The summed E-state index contributed by atoms with van der Waals surface area (Å²) in [7, 11) is 0. The van der Waals surface area contributed by atoms with Gasteiger partial charge in [-0.05, 0) is 12.8 Å². The number of rotatable bonds is 3. The summed E-state index contributed by atoms with van der Waals surface area (Å²) in [5.41, 5.74) is 0. The lowest BCUT2D eigenvalue weighted by Gasteiger charge is -2.07. The molecule has 1 saturated carbocycles. The molecule has 0 radical (unpaired) electrons. The number of hydrogen-bond donors (Lipinski definition) is 1. The monoisotopic (exact) mass is 224 g/mol. The van der Waals surface area contributed by atoms with Crippen LogP contribution >= 0.6 is 0 Å². The van der Waals surface area contributed by atoms with Crippen molar-refractivity contribution < 1.29 is 14.4 Å². The summed E-state index contributed by atoms with van der Waals surface area (Å²) in [5.74, 6) is 0.328. The smallest absolute Gasteiger partial charge is 0.312 e. The van der Waals surface area contributed by atoms with Crippen LogP contribution < -0.4 is 0 Å². The number of hydrogen-bond acceptors (Lipinski definition) is 4. The van der Waals surface area contributed by atoms with Crippen LogP contribution in [0.1, 0.15) is 56.2 Å². The molecular weight excluding hydrogens is 208 g/mol. The first kappa shape index (κ1) is 11.1. The predicted molar refractivity (Wildman–Crippen MR) is 56.1 cm³/mol. The summed E-state index contributed by atoms with van der Waals surface area (Å²) < 4.78 is 4.93. The molecular formula is C11H16N2O3. The number of nitrogens with zero attached hydrogens (tertiary/aromatic N) is 2. The Balaban J connectivity index is 2.02. The number of carboxylic acid groups (broad SMARTS) is 1. The maximum absolute atomic E-state index is 10.5. The molecule has 0 unspecified atom stereocenters. The van der Waals surface area contributed by atoms with E-state index in [2.05, 4.69) is 10.1 Å². The Labute approximate surface area is 93.9 Å². The highest BCUT2D eigenvalue weighted by Crippen LogP contribution is 2.29. The van der Waals surface area contributed by atoms with E-state index in [0.29, 0.717) is 11.7 Å². The molecule has 0 aromatic carbocycles. The van der Waals surface area contributed by atoms with Crippen molar-refractivity contribution in [2.24, 2.45) is 0 Å². The third kappa shape index (κ3) is 2.81. The standard InChI is InChI=1S/C11H16N2O3/c14-10(15)7-9-12-11(13-16-9)8-5-3-1-2-4-6-8/h8H,1-7H2,(H,14,15). The summed E-state index contributed by atoms with van der Waals surface area (Å²) in [6, 6.07) is 0.